The van der Waals surface area contributed by atoms with E-state index >= 15 is 0 Å². The highest BCUT2D eigenvalue weighted by molar-refractivity contribution is 6.05. The summed E-state index contributed by atoms with van der Waals surface area (Å²) in [5.74, 6) is 0. The lowest BCUT2D eigenvalue weighted by Crippen LogP contribution is -1.94. The first-order chi connectivity index (χ1) is 12.4. The van der Waals surface area contributed by atoms with E-state index in [0.29, 0.717) is 0 Å². The Hall–Kier alpha value is -2.86. The van der Waals surface area contributed by atoms with E-state index in [0.717, 1.165) is 12.8 Å². The van der Waals surface area contributed by atoms with Gasteiger partial charge in [0.2, 0.25) is 0 Å². The zero-order valence-corrected chi connectivity index (χ0v) is 14.5. The smallest absolute Gasteiger partial charge is 0.00172 e. The topological polar surface area (TPSA) is 0 Å². The van der Waals surface area contributed by atoms with Crippen LogP contribution in [0.1, 0.15) is 18.9 Å². The molecular formula is C25H21. The van der Waals surface area contributed by atoms with Crippen LogP contribution in [0, 0.1) is 6.07 Å². The minimum absolute atomic E-state index is 1.05. The predicted octanol–water partition coefficient (Wildman–Crippen LogP) is 6.93. The summed E-state index contributed by atoms with van der Waals surface area (Å²) in [6.45, 7) is 2.23. The summed E-state index contributed by atoms with van der Waals surface area (Å²) in [5.41, 5.74) is 6.27. The average molecular weight is 321 g/mol. The molecule has 0 nitrogen and oxygen atoms in total. The van der Waals surface area contributed by atoms with E-state index in [1.165, 1.54) is 38.6 Å². The lowest BCUT2D eigenvalue weighted by molar-refractivity contribution is 0.928. The predicted molar refractivity (Wildman–Crippen MR) is 108 cm³/mol. The molecule has 0 N–H and O–H groups in total. The molecule has 0 aliphatic rings. The Balaban J connectivity index is 2.11. The molecule has 0 amide bonds. The standard InChI is InChI=1S/C25H21/c1-2-11-21-18-24(19-12-5-3-6-13-19)25(20-14-7-4-8-15-20)23-17-10-9-16-22(21)23/h3-10,12-17H,2,11H2,1H3. The van der Waals surface area contributed by atoms with Gasteiger partial charge in [0.25, 0.3) is 0 Å². The Morgan fingerprint density at radius 2 is 1.20 bits per heavy atom. The first-order valence-corrected chi connectivity index (χ1v) is 8.96. The molecule has 0 aliphatic heterocycles. The molecular weight excluding hydrogens is 300 g/mol. The van der Waals surface area contributed by atoms with E-state index in [1.807, 2.05) is 0 Å². The zero-order valence-electron chi connectivity index (χ0n) is 14.5. The summed E-state index contributed by atoms with van der Waals surface area (Å²) in [5, 5.41) is 2.64. The van der Waals surface area contributed by atoms with Crippen molar-refractivity contribution in [2.24, 2.45) is 0 Å². The van der Waals surface area contributed by atoms with E-state index < -0.39 is 0 Å². The highest BCUT2D eigenvalue weighted by Crippen LogP contribution is 2.39. The molecule has 0 unspecified atom stereocenters. The molecule has 0 heterocycles. The van der Waals surface area contributed by atoms with Crippen molar-refractivity contribution < 1.29 is 0 Å². The van der Waals surface area contributed by atoms with E-state index in [1.54, 1.807) is 0 Å². The van der Waals surface area contributed by atoms with Crippen LogP contribution >= 0.6 is 0 Å². The lowest BCUT2D eigenvalue weighted by Gasteiger charge is -2.17. The van der Waals surface area contributed by atoms with Gasteiger partial charge in [0, 0.05) is 0 Å². The van der Waals surface area contributed by atoms with Gasteiger partial charge in [-0.1, -0.05) is 98.3 Å². The molecule has 1 radical (unpaired) electrons. The van der Waals surface area contributed by atoms with Gasteiger partial charge in [-0.15, -0.1) is 0 Å². The molecule has 0 saturated carbocycles. The first-order valence-electron chi connectivity index (χ1n) is 8.96. The van der Waals surface area contributed by atoms with Gasteiger partial charge in [0.15, 0.2) is 0 Å². The highest BCUT2D eigenvalue weighted by Gasteiger charge is 2.15. The molecule has 4 aromatic carbocycles. The maximum Gasteiger partial charge on any atom is -0.00172 e. The van der Waals surface area contributed by atoms with Crippen LogP contribution in [-0.2, 0) is 6.42 Å². The Labute approximate surface area is 149 Å². The molecule has 4 aromatic rings. The third-order valence-electron chi connectivity index (χ3n) is 4.67. The summed E-state index contributed by atoms with van der Waals surface area (Å²) < 4.78 is 0. The second-order valence-corrected chi connectivity index (χ2v) is 6.38. The largest absolute Gasteiger partial charge is 0.0651 e. The first kappa shape index (κ1) is 15.7. The molecule has 0 aromatic heterocycles. The van der Waals surface area contributed by atoms with Gasteiger partial charge in [-0.05, 0) is 51.1 Å². The minimum atomic E-state index is 1.05. The minimum Gasteiger partial charge on any atom is -0.0651 e. The molecule has 0 aliphatic carbocycles. The Morgan fingerprint density at radius 3 is 1.84 bits per heavy atom. The average Bonchev–Trinajstić information content (AvgIpc) is 2.69. The Bertz CT molecular complexity index is 982. The monoisotopic (exact) mass is 321 g/mol. The van der Waals surface area contributed by atoms with Crippen LogP contribution in [0.5, 0.6) is 0 Å². The molecule has 121 valence electrons. The fraction of sp³-hybridized carbons (Fsp3) is 0.120. The van der Waals surface area contributed by atoms with E-state index in [2.05, 4.69) is 97.9 Å². The maximum atomic E-state index is 3.77. The van der Waals surface area contributed by atoms with Crippen LogP contribution in [0.4, 0.5) is 0 Å². The second-order valence-electron chi connectivity index (χ2n) is 6.38. The summed E-state index contributed by atoms with van der Waals surface area (Å²) in [6.07, 6.45) is 2.18. The number of fused-ring (bicyclic) bond motifs is 1. The van der Waals surface area contributed by atoms with Gasteiger partial charge in [-0.3, -0.25) is 0 Å². The van der Waals surface area contributed by atoms with Crippen molar-refractivity contribution in [2.75, 3.05) is 0 Å². The number of hydrogen-bond donors (Lipinski definition) is 0. The normalized spacial score (nSPS) is 10.9. The number of hydrogen-bond acceptors (Lipinski definition) is 0. The molecule has 0 atom stereocenters. The second kappa shape index (κ2) is 6.94. The zero-order chi connectivity index (χ0) is 17.1. The van der Waals surface area contributed by atoms with Crippen molar-refractivity contribution in [1.29, 1.82) is 0 Å². The van der Waals surface area contributed by atoms with Crippen molar-refractivity contribution in [3.8, 4) is 22.3 Å². The molecule has 0 bridgehead atoms. The van der Waals surface area contributed by atoms with Gasteiger partial charge in [-0.2, -0.15) is 0 Å². The third-order valence-corrected chi connectivity index (χ3v) is 4.67. The van der Waals surface area contributed by atoms with Crippen molar-refractivity contribution in [3.05, 3.63) is 96.6 Å². The number of rotatable bonds is 4. The van der Waals surface area contributed by atoms with Crippen LogP contribution in [0.25, 0.3) is 33.0 Å². The summed E-state index contributed by atoms with van der Waals surface area (Å²) in [7, 11) is 0. The van der Waals surface area contributed by atoms with Gasteiger partial charge >= 0.3 is 0 Å². The van der Waals surface area contributed by atoms with Crippen molar-refractivity contribution >= 4 is 10.8 Å². The quantitative estimate of drug-likeness (QED) is 0.382. The summed E-state index contributed by atoms with van der Waals surface area (Å²) in [6, 6.07) is 33.9. The lowest BCUT2D eigenvalue weighted by atomic mass is 9.86. The van der Waals surface area contributed by atoms with E-state index in [4.69, 9.17) is 0 Å². The van der Waals surface area contributed by atoms with Crippen LogP contribution in [0.15, 0.2) is 84.9 Å². The molecule has 25 heavy (non-hydrogen) atoms. The fourth-order valence-electron chi connectivity index (χ4n) is 3.55. The Kier molecular flexibility index (Phi) is 4.35. The Morgan fingerprint density at radius 1 is 0.640 bits per heavy atom. The molecule has 0 spiro atoms. The van der Waals surface area contributed by atoms with Crippen LogP contribution < -0.4 is 0 Å². The maximum absolute atomic E-state index is 3.77. The van der Waals surface area contributed by atoms with Gasteiger partial charge in [0.1, 0.15) is 0 Å². The fourth-order valence-corrected chi connectivity index (χ4v) is 3.55. The van der Waals surface area contributed by atoms with Crippen LogP contribution in [0.2, 0.25) is 0 Å². The van der Waals surface area contributed by atoms with Crippen molar-refractivity contribution in [2.45, 2.75) is 19.8 Å². The van der Waals surface area contributed by atoms with Gasteiger partial charge in [0.05, 0.1) is 0 Å². The summed E-state index contributed by atoms with van der Waals surface area (Å²) in [4.78, 5) is 0. The number of aryl methyl sites for hydroxylation is 1. The van der Waals surface area contributed by atoms with Crippen molar-refractivity contribution in [1.82, 2.24) is 0 Å². The molecule has 0 fully saturated rings. The van der Waals surface area contributed by atoms with E-state index in [-0.39, 0.29) is 0 Å². The van der Waals surface area contributed by atoms with Crippen molar-refractivity contribution in [3.63, 3.8) is 0 Å². The summed E-state index contributed by atoms with van der Waals surface area (Å²) >= 11 is 0. The molecule has 0 heteroatoms. The number of benzene rings is 4. The van der Waals surface area contributed by atoms with Crippen LogP contribution in [-0.4, -0.2) is 0 Å². The molecule has 4 rings (SSSR count). The van der Waals surface area contributed by atoms with Gasteiger partial charge < -0.3 is 0 Å². The third kappa shape index (κ3) is 2.96. The van der Waals surface area contributed by atoms with Crippen LogP contribution in [0.3, 0.4) is 0 Å². The molecule has 0 saturated heterocycles. The van der Waals surface area contributed by atoms with Gasteiger partial charge in [-0.25, -0.2) is 0 Å². The highest BCUT2D eigenvalue weighted by atomic mass is 14.2. The SMILES string of the molecule is CCCc1[c]c(-c2ccccc2)c(-c2ccccc2)c2ccccc12. The van der Waals surface area contributed by atoms with E-state index in [9.17, 15) is 0 Å².